The number of carbonyl (C=O) groups excluding carboxylic acids is 1. The number of piperidine rings is 1. The number of primary amides is 1. The van der Waals surface area contributed by atoms with Crippen molar-refractivity contribution in [1.82, 2.24) is 4.90 Å². The SMILES string of the molecule is COC1(c2cccc(C(N)=O)c2)C2CCCC1CN(CC1(OC3CCCCO3)CC1)C2. The van der Waals surface area contributed by atoms with Crippen LogP contribution < -0.4 is 5.73 Å². The van der Waals surface area contributed by atoms with E-state index in [1.54, 1.807) is 6.07 Å². The monoisotopic (exact) mass is 428 g/mol. The van der Waals surface area contributed by atoms with Gasteiger partial charge in [0.25, 0.3) is 0 Å². The number of benzene rings is 1. The number of methoxy groups -OCH3 is 1. The molecule has 31 heavy (non-hydrogen) atoms. The molecule has 2 heterocycles. The lowest BCUT2D eigenvalue weighted by molar-refractivity contribution is -0.210. The minimum atomic E-state index is -0.381. The van der Waals surface area contributed by atoms with Crippen LogP contribution in [0.4, 0.5) is 0 Å². The summed E-state index contributed by atoms with van der Waals surface area (Å²) in [5.41, 5.74) is 6.88. The minimum absolute atomic E-state index is 0.0184. The molecular formula is C25H36N2O4. The molecule has 2 saturated heterocycles. The number of rotatable bonds is 7. The van der Waals surface area contributed by atoms with Gasteiger partial charge in [0.1, 0.15) is 5.60 Å². The van der Waals surface area contributed by atoms with Gasteiger partial charge in [0.15, 0.2) is 6.29 Å². The van der Waals surface area contributed by atoms with E-state index in [9.17, 15) is 4.79 Å². The van der Waals surface area contributed by atoms with Gasteiger partial charge < -0.3 is 19.9 Å². The molecule has 170 valence electrons. The fourth-order valence-corrected chi connectivity index (χ4v) is 6.43. The van der Waals surface area contributed by atoms with Crippen molar-refractivity contribution in [3.05, 3.63) is 35.4 Å². The summed E-state index contributed by atoms with van der Waals surface area (Å²) < 4.78 is 18.7. The fourth-order valence-electron chi connectivity index (χ4n) is 6.43. The first-order valence-electron chi connectivity index (χ1n) is 12.0. The van der Waals surface area contributed by atoms with Gasteiger partial charge in [-0.05, 0) is 62.6 Å². The van der Waals surface area contributed by atoms with E-state index in [0.29, 0.717) is 17.4 Å². The summed E-state index contributed by atoms with van der Waals surface area (Å²) in [7, 11) is 1.84. The lowest BCUT2D eigenvalue weighted by Crippen LogP contribution is -2.60. The van der Waals surface area contributed by atoms with Crippen LogP contribution in [0.25, 0.3) is 0 Å². The lowest BCUT2D eigenvalue weighted by atomic mass is 9.62. The maximum Gasteiger partial charge on any atom is 0.248 e. The molecule has 0 spiro atoms. The average Bonchev–Trinajstić information content (AvgIpc) is 3.52. The molecular weight excluding hydrogens is 392 g/mol. The van der Waals surface area contributed by atoms with Gasteiger partial charge in [-0.15, -0.1) is 0 Å². The summed E-state index contributed by atoms with van der Waals surface area (Å²) in [6.07, 6.45) is 9.15. The highest BCUT2D eigenvalue weighted by Crippen LogP contribution is 2.53. The molecule has 5 rings (SSSR count). The molecule has 6 heteroatoms. The predicted molar refractivity (Wildman–Crippen MR) is 118 cm³/mol. The number of amides is 1. The zero-order valence-electron chi connectivity index (χ0n) is 18.7. The van der Waals surface area contributed by atoms with E-state index in [4.69, 9.17) is 19.9 Å². The van der Waals surface area contributed by atoms with Crippen LogP contribution in [0.5, 0.6) is 0 Å². The Labute approximate surface area is 185 Å². The quantitative estimate of drug-likeness (QED) is 0.720. The molecule has 1 aromatic rings. The second-order valence-electron chi connectivity index (χ2n) is 10.1. The molecule has 2 saturated carbocycles. The molecule has 4 fully saturated rings. The third kappa shape index (κ3) is 4.04. The molecule has 3 unspecified atom stereocenters. The first-order chi connectivity index (χ1) is 15.0. The molecule has 0 aromatic heterocycles. The molecule has 0 radical (unpaired) electrons. The van der Waals surface area contributed by atoms with Crippen molar-refractivity contribution in [2.75, 3.05) is 33.4 Å². The van der Waals surface area contributed by atoms with Gasteiger partial charge in [-0.3, -0.25) is 9.69 Å². The Bertz CT molecular complexity index is 788. The Hall–Kier alpha value is -1.47. The van der Waals surface area contributed by atoms with Crippen molar-refractivity contribution in [2.45, 2.75) is 68.9 Å². The van der Waals surface area contributed by atoms with Crippen molar-refractivity contribution in [3.8, 4) is 0 Å². The van der Waals surface area contributed by atoms with Crippen molar-refractivity contribution in [3.63, 3.8) is 0 Å². The smallest absolute Gasteiger partial charge is 0.248 e. The van der Waals surface area contributed by atoms with Gasteiger partial charge in [-0.1, -0.05) is 18.6 Å². The molecule has 1 aromatic carbocycles. The number of nitrogens with two attached hydrogens (primary N) is 1. The first kappa shape index (κ1) is 21.4. The summed E-state index contributed by atoms with van der Waals surface area (Å²) in [6, 6.07) is 7.80. The zero-order chi connectivity index (χ0) is 21.5. The van der Waals surface area contributed by atoms with Gasteiger partial charge >= 0.3 is 0 Å². The van der Waals surface area contributed by atoms with Crippen LogP contribution >= 0.6 is 0 Å². The zero-order valence-corrected chi connectivity index (χ0v) is 18.7. The maximum atomic E-state index is 11.8. The van der Waals surface area contributed by atoms with Crippen molar-refractivity contribution < 1.29 is 19.0 Å². The number of nitrogens with zero attached hydrogens (tertiary/aromatic N) is 1. The average molecular weight is 429 g/mol. The highest BCUT2D eigenvalue weighted by molar-refractivity contribution is 5.92. The number of carbonyl (C=O) groups is 1. The minimum Gasteiger partial charge on any atom is -0.373 e. The number of fused-ring (bicyclic) bond motifs is 2. The van der Waals surface area contributed by atoms with Gasteiger partial charge in [0.2, 0.25) is 5.91 Å². The molecule has 2 N–H and O–H groups in total. The summed E-state index contributed by atoms with van der Waals surface area (Å²) in [4.78, 5) is 14.4. The van der Waals surface area contributed by atoms with E-state index in [2.05, 4.69) is 11.0 Å². The predicted octanol–water partition coefficient (Wildman–Crippen LogP) is 3.43. The number of ether oxygens (including phenoxy) is 3. The lowest BCUT2D eigenvalue weighted by Gasteiger charge is -2.56. The second-order valence-corrected chi connectivity index (χ2v) is 10.1. The molecule has 2 aliphatic carbocycles. The van der Waals surface area contributed by atoms with Crippen LogP contribution in [0.1, 0.15) is 67.3 Å². The maximum absolute atomic E-state index is 11.8. The number of likely N-dealkylation sites (tertiary alicyclic amines) is 1. The largest absolute Gasteiger partial charge is 0.373 e. The van der Waals surface area contributed by atoms with Crippen molar-refractivity contribution >= 4 is 5.91 Å². The fraction of sp³-hybridized carbons (Fsp3) is 0.720. The topological polar surface area (TPSA) is 74.0 Å². The molecule has 4 aliphatic rings. The van der Waals surface area contributed by atoms with Crippen molar-refractivity contribution in [1.29, 1.82) is 0 Å². The van der Waals surface area contributed by atoms with Gasteiger partial charge in [0.05, 0.1) is 5.60 Å². The summed E-state index contributed by atoms with van der Waals surface area (Å²) in [5, 5.41) is 0. The Balaban J connectivity index is 1.33. The van der Waals surface area contributed by atoms with Gasteiger partial charge in [0, 0.05) is 50.8 Å². The van der Waals surface area contributed by atoms with E-state index in [0.717, 1.165) is 70.3 Å². The number of hydrogen-bond acceptors (Lipinski definition) is 5. The molecule has 6 nitrogen and oxygen atoms in total. The van der Waals surface area contributed by atoms with Gasteiger partial charge in [-0.2, -0.15) is 0 Å². The third-order valence-electron chi connectivity index (χ3n) is 8.05. The highest BCUT2D eigenvalue weighted by atomic mass is 16.7. The highest BCUT2D eigenvalue weighted by Gasteiger charge is 2.55. The normalized spacial score (nSPS) is 34.9. The first-order valence-corrected chi connectivity index (χ1v) is 12.0. The van der Waals surface area contributed by atoms with E-state index >= 15 is 0 Å². The number of hydrogen-bond donors (Lipinski definition) is 1. The standard InChI is InChI=1S/C25H36N2O4/c1-29-25(19-7-4-6-18(14-19)23(26)28)20-8-5-9-21(25)16-27(15-20)17-24(11-12-24)31-22-10-2-3-13-30-22/h4,6-7,14,20-22H,2-3,5,8-13,15-17H2,1H3,(H2,26,28). The molecule has 3 atom stereocenters. The molecule has 1 amide bonds. The van der Waals surface area contributed by atoms with Crippen molar-refractivity contribution in [2.24, 2.45) is 17.6 Å². The van der Waals surface area contributed by atoms with Crippen LogP contribution in [0.15, 0.2) is 24.3 Å². The van der Waals surface area contributed by atoms with E-state index in [1.807, 2.05) is 19.2 Å². The van der Waals surface area contributed by atoms with E-state index in [-0.39, 0.29) is 23.4 Å². The molecule has 2 bridgehead atoms. The Morgan fingerprint density at radius 2 is 1.94 bits per heavy atom. The Morgan fingerprint density at radius 3 is 2.55 bits per heavy atom. The van der Waals surface area contributed by atoms with E-state index < -0.39 is 0 Å². The summed E-state index contributed by atoms with van der Waals surface area (Å²) in [5.74, 6) is 0.415. The Kier molecular flexibility index (Phi) is 5.84. The second kappa shape index (κ2) is 8.47. The van der Waals surface area contributed by atoms with Crippen LogP contribution in [0.3, 0.4) is 0 Å². The van der Waals surface area contributed by atoms with Gasteiger partial charge in [-0.25, -0.2) is 0 Å². The van der Waals surface area contributed by atoms with Crippen LogP contribution in [-0.2, 0) is 19.8 Å². The Morgan fingerprint density at radius 1 is 1.16 bits per heavy atom. The molecule has 2 aliphatic heterocycles. The van der Waals surface area contributed by atoms with Crippen LogP contribution in [0.2, 0.25) is 0 Å². The van der Waals surface area contributed by atoms with Crippen LogP contribution in [0, 0.1) is 11.8 Å². The van der Waals surface area contributed by atoms with Crippen LogP contribution in [-0.4, -0.2) is 56.0 Å². The summed E-state index contributed by atoms with van der Waals surface area (Å²) >= 11 is 0. The van der Waals surface area contributed by atoms with E-state index in [1.165, 1.54) is 12.8 Å². The summed E-state index contributed by atoms with van der Waals surface area (Å²) in [6.45, 7) is 3.82. The third-order valence-corrected chi connectivity index (χ3v) is 8.05.